The van der Waals surface area contributed by atoms with Crippen molar-refractivity contribution >= 4 is 14.2 Å². The van der Waals surface area contributed by atoms with Crippen molar-refractivity contribution in [2.75, 3.05) is 6.16 Å². The molecule has 1 saturated carbocycles. The molecule has 1 rings (SSSR count). The molecule has 0 aromatic heterocycles. The SMILES string of the molecule is CC(CC#CC1CC1)C(=O)CP=O. The summed E-state index contributed by atoms with van der Waals surface area (Å²) < 4.78 is 10.2. The Morgan fingerprint density at radius 1 is 1.62 bits per heavy atom. The quantitative estimate of drug-likeness (QED) is 0.510. The van der Waals surface area contributed by atoms with Crippen LogP contribution in [0, 0.1) is 23.7 Å². The number of Topliss-reactive ketones (excluding diaryl/α,β-unsaturated/α-hetero) is 1. The van der Waals surface area contributed by atoms with Gasteiger partial charge in [0.15, 0.2) is 8.46 Å². The molecule has 1 aliphatic rings. The van der Waals surface area contributed by atoms with Crippen molar-refractivity contribution in [1.82, 2.24) is 0 Å². The van der Waals surface area contributed by atoms with E-state index in [0.717, 1.165) is 0 Å². The van der Waals surface area contributed by atoms with E-state index in [1.807, 2.05) is 6.92 Å². The first-order chi connectivity index (χ1) is 6.24. The fourth-order valence-corrected chi connectivity index (χ4v) is 1.36. The minimum absolute atomic E-state index is 0.0433. The molecule has 0 radical (unpaired) electrons. The van der Waals surface area contributed by atoms with Gasteiger partial charge in [-0.3, -0.25) is 9.36 Å². The minimum atomic E-state index is -0.0808. The van der Waals surface area contributed by atoms with Crippen molar-refractivity contribution in [1.29, 1.82) is 0 Å². The highest BCUT2D eigenvalue weighted by Crippen LogP contribution is 2.27. The van der Waals surface area contributed by atoms with Gasteiger partial charge in [0, 0.05) is 18.3 Å². The topological polar surface area (TPSA) is 34.1 Å². The molecule has 3 heteroatoms. The van der Waals surface area contributed by atoms with E-state index in [1.165, 1.54) is 12.8 Å². The van der Waals surface area contributed by atoms with Crippen molar-refractivity contribution in [3.63, 3.8) is 0 Å². The number of ketones is 1. The minimum Gasteiger partial charge on any atom is -0.299 e. The van der Waals surface area contributed by atoms with Gasteiger partial charge in [-0.1, -0.05) is 12.8 Å². The Kier molecular flexibility index (Phi) is 4.12. The maximum atomic E-state index is 11.2. The molecule has 0 saturated heterocycles. The van der Waals surface area contributed by atoms with Crippen molar-refractivity contribution in [3.8, 4) is 11.8 Å². The van der Waals surface area contributed by atoms with Gasteiger partial charge in [0.05, 0.1) is 6.16 Å². The molecule has 70 valence electrons. The molecular formula is C10H13O2P. The van der Waals surface area contributed by atoms with Gasteiger partial charge in [-0.25, -0.2) is 0 Å². The molecule has 0 spiro atoms. The molecule has 13 heavy (non-hydrogen) atoms. The van der Waals surface area contributed by atoms with Crippen LogP contribution in [-0.2, 0) is 9.36 Å². The molecule has 0 aromatic rings. The van der Waals surface area contributed by atoms with Crippen LogP contribution in [0.3, 0.4) is 0 Å². The molecule has 1 atom stereocenters. The third-order valence-corrected chi connectivity index (χ3v) is 2.50. The Hall–Kier alpha value is -0.670. The summed E-state index contributed by atoms with van der Waals surface area (Å²) in [4.78, 5) is 11.2. The maximum absolute atomic E-state index is 11.2. The van der Waals surface area contributed by atoms with Crippen LogP contribution < -0.4 is 0 Å². The lowest BCUT2D eigenvalue weighted by atomic mass is 10.0. The third kappa shape index (κ3) is 4.20. The maximum Gasteiger partial charge on any atom is 0.163 e. The molecular weight excluding hydrogens is 183 g/mol. The van der Waals surface area contributed by atoms with E-state index in [9.17, 15) is 9.36 Å². The van der Waals surface area contributed by atoms with E-state index >= 15 is 0 Å². The Balaban J connectivity index is 2.23. The molecule has 0 aliphatic heterocycles. The van der Waals surface area contributed by atoms with Gasteiger partial charge in [0.25, 0.3) is 0 Å². The molecule has 0 heterocycles. The fraction of sp³-hybridized carbons (Fsp3) is 0.700. The van der Waals surface area contributed by atoms with Crippen LogP contribution in [0.2, 0.25) is 0 Å². The first kappa shape index (κ1) is 10.4. The van der Waals surface area contributed by atoms with Gasteiger partial charge in [-0.15, -0.1) is 5.92 Å². The molecule has 0 aromatic carbocycles. The van der Waals surface area contributed by atoms with Crippen LogP contribution in [0.25, 0.3) is 0 Å². The van der Waals surface area contributed by atoms with Crippen LogP contribution in [0.1, 0.15) is 26.2 Å². The van der Waals surface area contributed by atoms with E-state index in [2.05, 4.69) is 11.8 Å². The summed E-state index contributed by atoms with van der Waals surface area (Å²) in [6.07, 6.45) is 3.18. The van der Waals surface area contributed by atoms with Crippen LogP contribution in [0.5, 0.6) is 0 Å². The first-order valence-electron chi connectivity index (χ1n) is 4.54. The second kappa shape index (κ2) is 5.14. The van der Waals surface area contributed by atoms with Crippen LogP contribution in [0.4, 0.5) is 0 Å². The zero-order chi connectivity index (χ0) is 9.68. The van der Waals surface area contributed by atoms with E-state index in [0.29, 0.717) is 12.3 Å². The normalized spacial score (nSPS) is 17.6. The summed E-state index contributed by atoms with van der Waals surface area (Å²) in [6, 6.07) is 0. The summed E-state index contributed by atoms with van der Waals surface area (Å²) in [5, 5.41) is 0. The Bertz CT molecular complexity index is 258. The van der Waals surface area contributed by atoms with E-state index in [1.54, 1.807) is 0 Å². The summed E-state index contributed by atoms with van der Waals surface area (Å²) in [6.45, 7) is 1.84. The Morgan fingerprint density at radius 2 is 2.31 bits per heavy atom. The zero-order valence-electron chi connectivity index (χ0n) is 7.75. The number of hydrogen-bond acceptors (Lipinski definition) is 2. The highest BCUT2D eigenvalue weighted by atomic mass is 31.1. The van der Waals surface area contributed by atoms with Crippen LogP contribution in [0.15, 0.2) is 0 Å². The lowest BCUT2D eigenvalue weighted by Crippen LogP contribution is -2.11. The number of carbonyl (C=O) groups is 1. The predicted octanol–water partition coefficient (Wildman–Crippen LogP) is 2.29. The Labute approximate surface area is 80.3 Å². The summed E-state index contributed by atoms with van der Waals surface area (Å²) >= 11 is 0. The van der Waals surface area contributed by atoms with Gasteiger partial charge in [0.1, 0.15) is 5.78 Å². The molecule has 1 aliphatic carbocycles. The van der Waals surface area contributed by atoms with E-state index in [4.69, 9.17) is 0 Å². The second-order valence-corrected chi connectivity index (χ2v) is 4.03. The van der Waals surface area contributed by atoms with Crippen molar-refractivity contribution in [2.24, 2.45) is 11.8 Å². The van der Waals surface area contributed by atoms with E-state index < -0.39 is 0 Å². The van der Waals surface area contributed by atoms with E-state index in [-0.39, 0.29) is 26.3 Å². The standard InChI is InChI=1S/C10H13O2P/c1-8(10(11)7-13-12)3-2-4-9-5-6-9/h8-9H,3,5-7H2,1H3. The molecule has 2 nitrogen and oxygen atoms in total. The van der Waals surface area contributed by atoms with Gasteiger partial charge in [0.2, 0.25) is 0 Å². The largest absolute Gasteiger partial charge is 0.299 e. The van der Waals surface area contributed by atoms with Crippen LogP contribution in [-0.4, -0.2) is 11.9 Å². The number of hydrogen-bond donors (Lipinski definition) is 0. The molecule has 0 bridgehead atoms. The molecule has 0 amide bonds. The van der Waals surface area contributed by atoms with Gasteiger partial charge >= 0.3 is 0 Å². The van der Waals surface area contributed by atoms with Crippen molar-refractivity contribution < 1.29 is 9.36 Å². The summed E-state index contributed by atoms with van der Waals surface area (Å²) in [5.41, 5.74) is 0. The monoisotopic (exact) mass is 196 g/mol. The highest BCUT2D eigenvalue weighted by Gasteiger charge is 2.18. The summed E-state index contributed by atoms with van der Waals surface area (Å²) in [7, 11) is -0.0808. The van der Waals surface area contributed by atoms with Gasteiger partial charge in [-0.2, -0.15) is 0 Å². The number of carbonyl (C=O) groups excluding carboxylic acids is 1. The molecule has 1 unspecified atom stereocenters. The second-order valence-electron chi connectivity index (χ2n) is 3.45. The molecule has 0 N–H and O–H groups in total. The van der Waals surface area contributed by atoms with Gasteiger partial charge in [-0.05, 0) is 12.8 Å². The first-order valence-corrected chi connectivity index (χ1v) is 5.54. The lowest BCUT2D eigenvalue weighted by molar-refractivity contribution is -0.119. The predicted molar refractivity (Wildman–Crippen MR) is 51.8 cm³/mol. The third-order valence-electron chi connectivity index (χ3n) is 2.06. The van der Waals surface area contributed by atoms with Crippen molar-refractivity contribution in [2.45, 2.75) is 26.2 Å². The lowest BCUT2D eigenvalue weighted by Gasteiger charge is -2.01. The smallest absolute Gasteiger partial charge is 0.163 e. The zero-order valence-corrected chi connectivity index (χ0v) is 8.64. The molecule has 1 fully saturated rings. The van der Waals surface area contributed by atoms with Gasteiger partial charge < -0.3 is 0 Å². The highest BCUT2D eigenvalue weighted by molar-refractivity contribution is 7.25. The van der Waals surface area contributed by atoms with Crippen LogP contribution >= 0.6 is 8.46 Å². The average Bonchev–Trinajstić information content (AvgIpc) is 2.88. The Morgan fingerprint density at radius 3 is 2.85 bits per heavy atom. The fourth-order valence-electron chi connectivity index (χ4n) is 0.917. The number of rotatable bonds is 4. The van der Waals surface area contributed by atoms with Crippen molar-refractivity contribution in [3.05, 3.63) is 0 Å². The average molecular weight is 196 g/mol. The summed E-state index contributed by atoms with van der Waals surface area (Å²) in [5.74, 6) is 6.69.